The van der Waals surface area contributed by atoms with Crippen molar-refractivity contribution in [1.82, 2.24) is 0 Å². The average molecular weight is 249 g/mol. The molecule has 1 atom stereocenters. The molecule has 18 heavy (non-hydrogen) atoms. The molecule has 1 aromatic rings. The predicted octanol–water partition coefficient (Wildman–Crippen LogP) is 1.32. The van der Waals surface area contributed by atoms with Gasteiger partial charge in [-0.25, -0.2) is 0 Å². The molecule has 0 aliphatic carbocycles. The summed E-state index contributed by atoms with van der Waals surface area (Å²) in [5.41, 5.74) is 1.36. The monoisotopic (exact) mass is 249 g/mol. The zero-order chi connectivity index (χ0) is 13.3. The van der Waals surface area contributed by atoms with Gasteiger partial charge in [0.15, 0.2) is 5.92 Å². The fourth-order valence-corrected chi connectivity index (χ4v) is 2.10. The number of rotatable bonds is 3. The maximum atomic E-state index is 12.1. The van der Waals surface area contributed by atoms with Gasteiger partial charge in [0.2, 0.25) is 5.91 Å². The number of methoxy groups -OCH3 is 1. The lowest BCUT2D eigenvalue weighted by Crippen LogP contribution is -2.29. The highest BCUT2D eigenvalue weighted by Gasteiger charge is 2.41. The van der Waals surface area contributed by atoms with Crippen LogP contribution in [0.3, 0.4) is 0 Å². The highest BCUT2D eigenvalue weighted by molar-refractivity contribution is 6.16. The lowest BCUT2D eigenvalue weighted by atomic mass is 10.0. The molecule has 1 aliphatic heterocycles. The topological polar surface area (TPSA) is 55.8 Å². The first-order valence-corrected chi connectivity index (χ1v) is 5.72. The molecular formula is C13H15NO4. The Morgan fingerprint density at radius 2 is 2.17 bits per heavy atom. The number of carbonyl (C=O) groups is 2. The van der Waals surface area contributed by atoms with E-state index in [9.17, 15) is 9.59 Å². The van der Waals surface area contributed by atoms with Crippen molar-refractivity contribution in [2.75, 3.05) is 25.7 Å². The van der Waals surface area contributed by atoms with E-state index in [4.69, 9.17) is 9.47 Å². The molecule has 0 aromatic heterocycles. The molecule has 0 radical (unpaired) electrons. The summed E-state index contributed by atoms with van der Waals surface area (Å²) in [6, 6.07) is 5.24. The van der Waals surface area contributed by atoms with Gasteiger partial charge in [0.1, 0.15) is 5.75 Å². The quantitative estimate of drug-likeness (QED) is 0.599. The maximum absolute atomic E-state index is 12.1. The normalized spacial score (nSPS) is 17.6. The Morgan fingerprint density at radius 1 is 1.44 bits per heavy atom. The summed E-state index contributed by atoms with van der Waals surface area (Å²) in [6.45, 7) is 1.97. The van der Waals surface area contributed by atoms with Crippen LogP contribution in [0.1, 0.15) is 18.4 Å². The Morgan fingerprint density at radius 3 is 2.78 bits per heavy atom. The van der Waals surface area contributed by atoms with Crippen LogP contribution < -0.4 is 9.64 Å². The number of hydrogen-bond acceptors (Lipinski definition) is 4. The van der Waals surface area contributed by atoms with Gasteiger partial charge >= 0.3 is 5.97 Å². The van der Waals surface area contributed by atoms with Crippen LogP contribution >= 0.6 is 0 Å². The second-order valence-electron chi connectivity index (χ2n) is 4.01. The van der Waals surface area contributed by atoms with Gasteiger partial charge in [0, 0.05) is 18.3 Å². The number of hydrogen-bond donors (Lipinski definition) is 0. The van der Waals surface area contributed by atoms with Crippen molar-refractivity contribution < 1.29 is 19.1 Å². The smallest absolute Gasteiger partial charge is 0.323 e. The Bertz CT molecular complexity index is 498. The van der Waals surface area contributed by atoms with E-state index in [2.05, 4.69) is 0 Å². The van der Waals surface area contributed by atoms with Crippen LogP contribution in [0, 0.1) is 0 Å². The van der Waals surface area contributed by atoms with Crippen molar-refractivity contribution in [2.24, 2.45) is 0 Å². The number of anilines is 1. The highest BCUT2D eigenvalue weighted by Crippen LogP contribution is 2.39. The van der Waals surface area contributed by atoms with Gasteiger partial charge in [0.25, 0.3) is 0 Å². The number of nitrogens with zero attached hydrogens (tertiary/aromatic N) is 1. The molecule has 0 spiro atoms. The van der Waals surface area contributed by atoms with Crippen LogP contribution in [0.2, 0.25) is 0 Å². The molecule has 5 heteroatoms. The maximum Gasteiger partial charge on any atom is 0.323 e. The summed E-state index contributed by atoms with van der Waals surface area (Å²) < 4.78 is 10.1. The Balaban J connectivity index is 2.45. The molecule has 1 heterocycles. The minimum Gasteiger partial charge on any atom is -0.497 e. The summed E-state index contributed by atoms with van der Waals surface area (Å²) >= 11 is 0. The number of esters is 1. The van der Waals surface area contributed by atoms with E-state index in [1.807, 2.05) is 0 Å². The van der Waals surface area contributed by atoms with Crippen LogP contribution in [-0.2, 0) is 14.3 Å². The molecule has 0 N–H and O–H groups in total. The largest absolute Gasteiger partial charge is 0.497 e. The molecule has 1 unspecified atom stereocenters. The minimum absolute atomic E-state index is 0.256. The SMILES string of the molecule is CCOC(=O)C1C(=O)N(C)c2ccc(OC)cc21. The van der Waals surface area contributed by atoms with Gasteiger partial charge in [-0.1, -0.05) is 0 Å². The first-order chi connectivity index (χ1) is 8.60. The van der Waals surface area contributed by atoms with Gasteiger partial charge in [-0.2, -0.15) is 0 Å². The van der Waals surface area contributed by atoms with Gasteiger partial charge in [-0.15, -0.1) is 0 Å². The van der Waals surface area contributed by atoms with Crippen LogP contribution in [0.25, 0.3) is 0 Å². The molecule has 96 valence electrons. The van der Waals surface area contributed by atoms with Gasteiger partial charge in [-0.05, 0) is 25.1 Å². The zero-order valence-electron chi connectivity index (χ0n) is 10.6. The summed E-state index contributed by atoms with van der Waals surface area (Å²) in [5.74, 6) is -1.04. The first-order valence-electron chi connectivity index (χ1n) is 5.72. The number of ether oxygens (including phenoxy) is 2. The van der Waals surface area contributed by atoms with Crippen LogP contribution in [0.15, 0.2) is 18.2 Å². The lowest BCUT2D eigenvalue weighted by Gasteiger charge is -2.10. The van der Waals surface area contributed by atoms with E-state index in [0.29, 0.717) is 11.3 Å². The second-order valence-corrected chi connectivity index (χ2v) is 4.01. The fraction of sp³-hybridized carbons (Fsp3) is 0.385. The van der Waals surface area contributed by atoms with Crippen molar-refractivity contribution in [1.29, 1.82) is 0 Å². The number of amides is 1. The molecule has 0 bridgehead atoms. The Labute approximate surface area is 105 Å². The Hall–Kier alpha value is -2.04. The second kappa shape index (κ2) is 4.68. The van der Waals surface area contributed by atoms with E-state index in [1.54, 1.807) is 39.3 Å². The summed E-state index contributed by atoms with van der Waals surface area (Å²) in [4.78, 5) is 25.4. The molecular weight excluding hydrogens is 234 g/mol. The van der Waals surface area contributed by atoms with Crippen molar-refractivity contribution in [3.63, 3.8) is 0 Å². The predicted molar refractivity (Wildman–Crippen MR) is 65.8 cm³/mol. The third-order valence-corrected chi connectivity index (χ3v) is 3.01. The fourth-order valence-electron chi connectivity index (χ4n) is 2.10. The molecule has 1 aliphatic rings. The third kappa shape index (κ3) is 1.81. The zero-order valence-corrected chi connectivity index (χ0v) is 10.6. The number of likely N-dealkylation sites (N-methyl/N-ethyl adjacent to an activating group) is 1. The number of carbonyl (C=O) groups excluding carboxylic acids is 2. The lowest BCUT2D eigenvalue weighted by molar-refractivity contribution is -0.147. The molecule has 1 amide bonds. The van der Waals surface area contributed by atoms with E-state index in [1.165, 1.54) is 4.90 Å². The van der Waals surface area contributed by atoms with E-state index in [-0.39, 0.29) is 12.5 Å². The standard InChI is InChI=1S/C13H15NO4/c1-4-18-13(16)11-9-7-8(17-3)5-6-10(9)14(2)12(11)15/h5-7,11H,4H2,1-3H3. The van der Waals surface area contributed by atoms with Crippen LogP contribution in [0.4, 0.5) is 5.69 Å². The number of benzene rings is 1. The van der Waals surface area contributed by atoms with Crippen LogP contribution in [-0.4, -0.2) is 32.6 Å². The first kappa shape index (κ1) is 12.4. The van der Waals surface area contributed by atoms with Gasteiger partial charge in [-0.3, -0.25) is 9.59 Å². The Kier molecular flexibility index (Phi) is 3.23. The average Bonchev–Trinajstić information content (AvgIpc) is 2.62. The summed E-state index contributed by atoms with van der Waals surface area (Å²) in [5, 5.41) is 0. The summed E-state index contributed by atoms with van der Waals surface area (Å²) in [7, 11) is 3.19. The highest BCUT2D eigenvalue weighted by atomic mass is 16.5. The van der Waals surface area contributed by atoms with E-state index >= 15 is 0 Å². The molecule has 5 nitrogen and oxygen atoms in total. The van der Waals surface area contributed by atoms with E-state index in [0.717, 1.165) is 5.69 Å². The van der Waals surface area contributed by atoms with E-state index < -0.39 is 11.9 Å². The molecule has 1 aromatic carbocycles. The van der Waals surface area contributed by atoms with Crippen molar-refractivity contribution >= 4 is 17.6 Å². The minimum atomic E-state index is -0.875. The molecule has 0 saturated heterocycles. The van der Waals surface area contributed by atoms with Crippen molar-refractivity contribution in [3.05, 3.63) is 23.8 Å². The molecule has 0 saturated carbocycles. The number of fused-ring (bicyclic) bond motifs is 1. The third-order valence-electron chi connectivity index (χ3n) is 3.01. The molecule has 0 fully saturated rings. The van der Waals surface area contributed by atoms with Crippen molar-refractivity contribution in [3.8, 4) is 5.75 Å². The summed E-state index contributed by atoms with van der Waals surface area (Å²) in [6.07, 6.45) is 0. The van der Waals surface area contributed by atoms with Gasteiger partial charge < -0.3 is 14.4 Å². The van der Waals surface area contributed by atoms with Crippen molar-refractivity contribution in [2.45, 2.75) is 12.8 Å². The molecule has 2 rings (SSSR count). The van der Waals surface area contributed by atoms with Gasteiger partial charge in [0.05, 0.1) is 13.7 Å². The van der Waals surface area contributed by atoms with Crippen LogP contribution in [0.5, 0.6) is 5.75 Å².